The average Bonchev–Trinajstić information content (AvgIpc) is 2.97. The van der Waals surface area contributed by atoms with E-state index in [1.54, 1.807) is 19.5 Å². The van der Waals surface area contributed by atoms with Crippen molar-refractivity contribution in [2.45, 2.75) is 19.1 Å². The van der Waals surface area contributed by atoms with Gasteiger partial charge in [-0.05, 0) is 24.1 Å². The third-order valence-corrected chi connectivity index (χ3v) is 3.91. The number of nitrogens with zero attached hydrogens (tertiary/aromatic N) is 3. The fourth-order valence-electron chi connectivity index (χ4n) is 2.50. The van der Waals surface area contributed by atoms with Gasteiger partial charge in [0, 0.05) is 24.7 Å². The highest BCUT2D eigenvalue weighted by atomic mass is 35.5. The van der Waals surface area contributed by atoms with E-state index in [1.807, 2.05) is 12.1 Å². The minimum Gasteiger partial charge on any atom is -0.494 e. The third-order valence-electron chi connectivity index (χ3n) is 3.66. The molecule has 0 amide bonds. The van der Waals surface area contributed by atoms with Gasteiger partial charge in [0.05, 0.1) is 19.5 Å². The predicted octanol–water partition coefficient (Wildman–Crippen LogP) is 2.79. The van der Waals surface area contributed by atoms with Gasteiger partial charge in [0.25, 0.3) is 0 Å². The zero-order valence-corrected chi connectivity index (χ0v) is 13.2. The Balaban J connectivity index is 1.52. The van der Waals surface area contributed by atoms with Crippen LogP contribution in [0.4, 0.5) is 0 Å². The number of aromatic nitrogens is 2. The second-order valence-electron chi connectivity index (χ2n) is 5.30. The van der Waals surface area contributed by atoms with Crippen molar-refractivity contribution in [3.8, 4) is 11.8 Å². The van der Waals surface area contributed by atoms with Crippen molar-refractivity contribution in [3.05, 3.63) is 47.2 Å². The lowest BCUT2D eigenvalue weighted by Crippen LogP contribution is -2.25. The molecule has 0 N–H and O–H groups in total. The fraction of sp³-hybridized carbons (Fsp3) is 0.375. The Kier molecular flexibility index (Phi) is 4.75. The summed E-state index contributed by atoms with van der Waals surface area (Å²) in [6.07, 6.45) is 4.33. The summed E-state index contributed by atoms with van der Waals surface area (Å²) < 4.78 is 10.9. The molecular weight excluding hydrogens is 302 g/mol. The van der Waals surface area contributed by atoms with Gasteiger partial charge in [0.1, 0.15) is 6.10 Å². The number of halogens is 1. The maximum absolute atomic E-state index is 5.91. The van der Waals surface area contributed by atoms with E-state index in [2.05, 4.69) is 27.0 Å². The highest BCUT2D eigenvalue weighted by Gasteiger charge is 2.24. The van der Waals surface area contributed by atoms with E-state index >= 15 is 0 Å². The lowest BCUT2D eigenvalue weighted by atomic mass is 10.2. The van der Waals surface area contributed by atoms with Gasteiger partial charge in [-0.2, -0.15) is 9.97 Å². The number of ether oxygens (including phenoxy) is 2. The van der Waals surface area contributed by atoms with Crippen LogP contribution in [0.15, 0.2) is 36.7 Å². The molecule has 0 bridgehead atoms. The van der Waals surface area contributed by atoms with Crippen LogP contribution in [0.5, 0.6) is 11.8 Å². The smallest absolute Gasteiger partial charge is 0.316 e. The van der Waals surface area contributed by atoms with Crippen LogP contribution in [0.25, 0.3) is 0 Å². The first-order chi connectivity index (χ1) is 10.7. The topological polar surface area (TPSA) is 47.5 Å². The summed E-state index contributed by atoms with van der Waals surface area (Å²) in [7, 11) is 1.59. The maximum Gasteiger partial charge on any atom is 0.316 e. The van der Waals surface area contributed by atoms with Crippen LogP contribution >= 0.6 is 11.6 Å². The quantitative estimate of drug-likeness (QED) is 0.848. The molecule has 1 aliphatic rings. The monoisotopic (exact) mass is 319 g/mol. The molecule has 22 heavy (non-hydrogen) atoms. The van der Waals surface area contributed by atoms with Crippen LogP contribution in [-0.2, 0) is 6.54 Å². The van der Waals surface area contributed by atoms with Crippen molar-refractivity contribution in [3.63, 3.8) is 0 Å². The molecule has 1 fully saturated rings. The molecule has 0 spiro atoms. The van der Waals surface area contributed by atoms with E-state index in [0.29, 0.717) is 11.8 Å². The van der Waals surface area contributed by atoms with Gasteiger partial charge in [-0.15, -0.1) is 0 Å². The molecule has 1 unspecified atom stereocenters. The first-order valence-electron chi connectivity index (χ1n) is 7.22. The van der Waals surface area contributed by atoms with Crippen molar-refractivity contribution >= 4 is 11.6 Å². The van der Waals surface area contributed by atoms with E-state index in [9.17, 15) is 0 Å². The Morgan fingerprint density at radius 2 is 1.95 bits per heavy atom. The van der Waals surface area contributed by atoms with Gasteiger partial charge in [-0.1, -0.05) is 23.7 Å². The summed E-state index contributed by atoms with van der Waals surface area (Å²) in [5.74, 6) is 0.628. The Bertz CT molecular complexity index is 604. The highest BCUT2D eigenvalue weighted by molar-refractivity contribution is 6.30. The lowest BCUT2D eigenvalue weighted by molar-refractivity contribution is 0.183. The molecular formula is C16H18ClN3O2. The lowest BCUT2D eigenvalue weighted by Gasteiger charge is -2.16. The number of hydrogen-bond donors (Lipinski definition) is 0. The Labute approximate surface area is 134 Å². The van der Waals surface area contributed by atoms with Gasteiger partial charge in [-0.25, -0.2) is 0 Å². The van der Waals surface area contributed by atoms with Crippen molar-refractivity contribution in [2.24, 2.45) is 0 Å². The number of benzene rings is 1. The maximum atomic E-state index is 5.91. The first kappa shape index (κ1) is 15.1. The van der Waals surface area contributed by atoms with Crippen LogP contribution in [0, 0.1) is 0 Å². The van der Waals surface area contributed by atoms with Crippen LogP contribution in [0.1, 0.15) is 12.0 Å². The zero-order chi connectivity index (χ0) is 15.4. The minimum atomic E-state index is 0.126. The van der Waals surface area contributed by atoms with E-state index in [-0.39, 0.29) is 6.10 Å². The van der Waals surface area contributed by atoms with E-state index < -0.39 is 0 Å². The Morgan fingerprint density at radius 1 is 1.23 bits per heavy atom. The highest BCUT2D eigenvalue weighted by Crippen LogP contribution is 2.19. The number of hydrogen-bond acceptors (Lipinski definition) is 5. The molecule has 2 aromatic rings. The van der Waals surface area contributed by atoms with Crippen molar-refractivity contribution < 1.29 is 9.47 Å². The Hall–Kier alpha value is -1.85. The van der Waals surface area contributed by atoms with Crippen molar-refractivity contribution in [1.82, 2.24) is 14.9 Å². The van der Waals surface area contributed by atoms with Crippen molar-refractivity contribution in [2.75, 3.05) is 20.2 Å². The molecule has 2 heterocycles. The molecule has 6 heteroatoms. The van der Waals surface area contributed by atoms with Crippen LogP contribution in [0.2, 0.25) is 5.02 Å². The number of likely N-dealkylation sites (tertiary alicyclic amines) is 1. The summed E-state index contributed by atoms with van der Waals surface area (Å²) in [5.41, 5.74) is 1.26. The van der Waals surface area contributed by atoms with Gasteiger partial charge in [0.2, 0.25) is 0 Å². The second-order valence-corrected chi connectivity index (χ2v) is 5.73. The molecule has 0 aliphatic carbocycles. The third kappa shape index (κ3) is 3.87. The van der Waals surface area contributed by atoms with Crippen LogP contribution in [0.3, 0.4) is 0 Å². The molecule has 116 valence electrons. The van der Waals surface area contributed by atoms with Crippen LogP contribution in [-0.4, -0.2) is 41.2 Å². The molecule has 0 saturated carbocycles. The zero-order valence-electron chi connectivity index (χ0n) is 12.4. The predicted molar refractivity (Wildman–Crippen MR) is 84.3 cm³/mol. The summed E-state index contributed by atoms with van der Waals surface area (Å²) >= 11 is 5.91. The largest absolute Gasteiger partial charge is 0.494 e. The van der Waals surface area contributed by atoms with Crippen LogP contribution < -0.4 is 9.47 Å². The molecule has 1 atom stereocenters. The second kappa shape index (κ2) is 6.94. The molecule has 0 radical (unpaired) electrons. The van der Waals surface area contributed by atoms with E-state index in [1.165, 1.54) is 5.56 Å². The molecule has 5 nitrogen and oxygen atoms in total. The Morgan fingerprint density at radius 3 is 2.64 bits per heavy atom. The van der Waals surface area contributed by atoms with Crippen molar-refractivity contribution in [1.29, 1.82) is 0 Å². The van der Waals surface area contributed by atoms with Gasteiger partial charge < -0.3 is 9.47 Å². The molecule has 1 aromatic carbocycles. The van der Waals surface area contributed by atoms with E-state index in [4.69, 9.17) is 21.1 Å². The first-order valence-corrected chi connectivity index (χ1v) is 7.60. The summed E-state index contributed by atoms with van der Waals surface area (Å²) in [6, 6.07) is 8.36. The minimum absolute atomic E-state index is 0.126. The standard InChI is InChI=1S/C16H18ClN3O2/c1-21-15-8-18-16(19-9-15)22-14-6-7-20(11-14)10-12-2-4-13(17)5-3-12/h2-5,8-9,14H,6-7,10-11H2,1H3. The fourth-order valence-corrected chi connectivity index (χ4v) is 2.63. The average molecular weight is 320 g/mol. The summed E-state index contributed by atoms with van der Waals surface area (Å²) in [5, 5.41) is 0.767. The van der Waals surface area contributed by atoms with Gasteiger partial charge in [-0.3, -0.25) is 4.90 Å². The molecule has 3 rings (SSSR count). The van der Waals surface area contributed by atoms with E-state index in [0.717, 1.165) is 31.1 Å². The summed E-state index contributed by atoms with van der Waals surface area (Å²) in [6.45, 7) is 2.78. The number of rotatable bonds is 5. The SMILES string of the molecule is COc1cnc(OC2CCN(Cc3ccc(Cl)cc3)C2)nc1. The summed E-state index contributed by atoms with van der Waals surface area (Å²) in [4.78, 5) is 10.6. The molecule has 1 saturated heterocycles. The normalized spacial score (nSPS) is 18.4. The molecule has 1 aromatic heterocycles. The number of methoxy groups -OCH3 is 1. The molecule has 1 aliphatic heterocycles. The van der Waals surface area contributed by atoms with Gasteiger partial charge >= 0.3 is 6.01 Å². The van der Waals surface area contributed by atoms with Gasteiger partial charge in [0.15, 0.2) is 5.75 Å².